The molecule has 1 aliphatic rings. The Morgan fingerprint density at radius 2 is 1.68 bits per heavy atom. The van der Waals surface area contributed by atoms with Gasteiger partial charge in [-0.05, 0) is 30.3 Å². The summed E-state index contributed by atoms with van der Waals surface area (Å²) in [7, 11) is 2.31. The number of nitrogens with one attached hydrogen (secondary N) is 1. The van der Waals surface area contributed by atoms with Crippen molar-refractivity contribution in [1.29, 1.82) is 0 Å². The standard InChI is InChI=1S/C19H20Cl2N2O.ClH/c1-23(10-2-3-11-23)13-14-4-7-16(8-5-14)22-19(24)15-6-9-17(20)18(21)12-15;/h4-9,12H,2-3,10-11,13H2,1H3;1H. The first-order chi connectivity index (χ1) is 11.5. The van der Waals surface area contributed by atoms with E-state index in [1.165, 1.54) is 31.5 Å². The van der Waals surface area contributed by atoms with Crippen LogP contribution < -0.4 is 17.7 Å². The lowest BCUT2D eigenvalue weighted by Gasteiger charge is -2.29. The van der Waals surface area contributed by atoms with Gasteiger partial charge in [0.2, 0.25) is 0 Å². The van der Waals surface area contributed by atoms with Gasteiger partial charge in [0, 0.05) is 29.7 Å². The summed E-state index contributed by atoms with van der Waals surface area (Å²) in [6.07, 6.45) is 2.63. The molecular weight excluding hydrogens is 379 g/mol. The Kier molecular flexibility index (Phi) is 6.75. The van der Waals surface area contributed by atoms with Crippen molar-refractivity contribution < 1.29 is 21.7 Å². The van der Waals surface area contributed by atoms with E-state index in [4.69, 9.17) is 23.2 Å². The molecule has 1 N–H and O–H groups in total. The van der Waals surface area contributed by atoms with Crippen LogP contribution in [0.15, 0.2) is 42.5 Å². The van der Waals surface area contributed by atoms with Crippen molar-refractivity contribution in [2.24, 2.45) is 0 Å². The number of hydrogen-bond donors (Lipinski definition) is 1. The van der Waals surface area contributed by atoms with E-state index in [0.29, 0.717) is 15.6 Å². The van der Waals surface area contributed by atoms with Gasteiger partial charge in [0.1, 0.15) is 6.54 Å². The number of amides is 1. The number of rotatable bonds is 4. The third-order valence-electron chi connectivity index (χ3n) is 4.60. The molecule has 1 fully saturated rings. The van der Waals surface area contributed by atoms with Gasteiger partial charge in [0.15, 0.2) is 0 Å². The topological polar surface area (TPSA) is 29.1 Å². The second kappa shape index (κ2) is 8.41. The smallest absolute Gasteiger partial charge is 0.255 e. The van der Waals surface area contributed by atoms with E-state index in [-0.39, 0.29) is 18.3 Å². The largest absolute Gasteiger partial charge is 1.00 e. The van der Waals surface area contributed by atoms with Crippen LogP contribution in [0.1, 0.15) is 28.8 Å². The summed E-state index contributed by atoms with van der Waals surface area (Å²) in [6.45, 7) is 3.53. The fourth-order valence-corrected chi connectivity index (χ4v) is 3.53. The van der Waals surface area contributed by atoms with Crippen LogP contribution in [0.5, 0.6) is 0 Å². The molecule has 0 saturated carbocycles. The molecule has 1 aliphatic heterocycles. The minimum absolute atomic E-state index is 0. The number of hydrogen-bond acceptors (Lipinski definition) is 1. The summed E-state index contributed by atoms with van der Waals surface area (Å²) in [4.78, 5) is 12.3. The minimum atomic E-state index is -0.195. The number of carbonyl (C=O) groups excluding carboxylic acids is 1. The molecule has 1 saturated heterocycles. The van der Waals surface area contributed by atoms with Crippen molar-refractivity contribution in [3.63, 3.8) is 0 Å². The summed E-state index contributed by atoms with van der Waals surface area (Å²) >= 11 is 11.8. The zero-order valence-corrected chi connectivity index (χ0v) is 16.3. The van der Waals surface area contributed by atoms with E-state index in [1.54, 1.807) is 18.2 Å². The first-order valence-corrected chi connectivity index (χ1v) is 8.90. The zero-order chi connectivity index (χ0) is 17.2. The number of halogens is 3. The van der Waals surface area contributed by atoms with Crippen LogP contribution >= 0.6 is 23.2 Å². The fraction of sp³-hybridized carbons (Fsp3) is 0.316. The molecule has 0 atom stereocenters. The van der Waals surface area contributed by atoms with E-state index in [0.717, 1.165) is 16.7 Å². The first kappa shape index (κ1) is 20.1. The lowest BCUT2D eigenvalue weighted by atomic mass is 10.1. The van der Waals surface area contributed by atoms with Gasteiger partial charge in [0.25, 0.3) is 5.91 Å². The van der Waals surface area contributed by atoms with Gasteiger partial charge in [-0.15, -0.1) is 0 Å². The highest BCUT2D eigenvalue weighted by Crippen LogP contribution is 2.24. The van der Waals surface area contributed by atoms with Gasteiger partial charge in [-0.2, -0.15) is 0 Å². The molecule has 0 unspecified atom stereocenters. The quantitative estimate of drug-likeness (QED) is 0.783. The molecular formula is C19H21Cl3N2O. The van der Waals surface area contributed by atoms with Crippen LogP contribution in [0.25, 0.3) is 0 Å². The van der Waals surface area contributed by atoms with Gasteiger partial charge >= 0.3 is 0 Å². The van der Waals surface area contributed by atoms with Crippen LogP contribution in [-0.2, 0) is 6.54 Å². The molecule has 3 rings (SSSR count). The molecule has 2 aromatic rings. The maximum Gasteiger partial charge on any atom is 0.255 e. The first-order valence-electron chi connectivity index (χ1n) is 8.14. The van der Waals surface area contributed by atoms with Crippen LogP contribution in [0.4, 0.5) is 5.69 Å². The number of anilines is 1. The Morgan fingerprint density at radius 1 is 1.04 bits per heavy atom. The van der Waals surface area contributed by atoms with E-state index in [2.05, 4.69) is 24.5 Å². The van der Waals surface area contributed by atoms with Crippen molar-refractivity contribution in [2.75, 3.05) is 25.5 Å². The van der Waals surface area contributed by atoms with Gasteiger partial charge in [-0.1, -0.05) is 35.3 Å². The van der Waals surface area contributed by atoms with Crippen molar-refractivity contribution in [3.8, 4) is 0 Å². The van der Waals surface area contributed by atoms with Crippen molar-refractivity contribution in [2.45, 2.75) is 19.4 Å². The van der Waals surface area contributed by atoms with Crippen LogP contribution in [0.2, 0.25) is 10.0 Å². The lowest BCUT2D eigenvalue weighted by Crippen LogP contribution is -3.00. The average molecular weight is 400 g/mol. The van der Waals surface area contributed by atoms with Crippen molar-refractivity contribution in [3.05, 3.63) is 63.6 Å². The van der Waals surface area contributed by atoms with E-state index in [9.17, 15) is 4.79 Å². The van der Waals surface area contributed by atoms with E-state index in [1.807, 2.05) is 12.1 Å². The third kappa shape index (κ3) is 5.11. The van der Waals surface area contributed by atoms with Gasteiger partial charge in [-0.3, -0.25) is 4.79 Å². The lowest BCUT2D eigenvalue weighted by molar-refractivity contribution is -0.910. The number of carbonyl (C=O) groups is 1. The summed E-state index contributed by atoms with van der Waals surface area (Å²) in [6, 6.07) is 12.9. The highest BCUT2D eigenvalue weighted by molar-refractivity contribution is 6.42. The molecule has 1 amide bonds. The van der Waals surface area contributed by atoms with Crippen molar-refractivity contribution >= 4 is 34.8 Å². The van der Waals surface area contributed by atoms with Crippen LogP contribution in [0, 0.1) is 0 Å². The Labute approximate surface area is 164 Å². The predicted octanol–water partition coefficient (Wildman–Crippen LogP) is 1.99. The highest BCUT2D eigenvalue weighted by Gasteiger charge is 2.26. The summed E-state index contributed by atoms with van der Waals surface area (Å²) in [5.74, 6) is -0.195. The SMILES string of the molecule is C[N+]1(Cc2ccc(NC(=O)c3ccc(Cl)c(Cl)c3)cc2)CCCC1.[Cl-]. The monoisotopic (exact) mass is 398 g/mol. The third-order valence-corrected chi connectivity index (χ3v) is 5.34. The zero-order valence-electron chi connectivity index (χ0n) is 14.1. The van der Waals surface area contributed by atoms with Crippen molar-refractivity contribution in [1.82, 2.24) is 0 Å². The molecule has 0 radical (unpaired) electrons. The normalized spacial score (nSPS) is 15.5. The van der Waals surface area contributed by atoms with Gasteiger partial charge in [0.05, 0.1) is 30.2 Å². The Morgan fingerprint density at radius 3 is 2.28 bits per heavy atom. The second-order valence-electron chi connectivity index (χ2n) is 6.71. The summed E-state index contributed by atoms with van der Waals surface area (Å²) < 4.78 is 1.11. The van der Waals surface area contributed by atoms with Crippen LogP contribution in [-0.4, -0.2) is 30.5 Å². The molecule has 25 heavy (non-hydrogen) atoms. The number of quaternary nitrogens is 1. The minimum Gasteiger partial charge on any atom is -1.00 e. The Bertz CT molecular complexity index is 741. The molecule has 134 valence electrons. The number of benzene rings is 2. The van der Waals surface area contributed by atoms with Gasteiger partial charge < -0.3 is 22.2 Å². The fourth-order valence-electron chi connectivity index (χ4n) is 3.23. The molecule has 2 aromatic carbocycles. The predicted molar refractivity (Wildman–Crippen MR) is 99.7 cm³/mol. The Hall–Kier alpha value is -1.26. The number of likely N-dealkylation sites (tertiary alicyclic amines) is 1. The summed E-state index contributed by atoms with van der Waals surface area (Å²) in [5.41, 5.74) is 2.56. The van der Waals surface area contributed by atoms with E-state index >= 15 is 0 Å². The molecule has 1 heterocycles. The number of nitrogens with zero attached hydrogens (tertiary/aromatic N) is 1. The van der Waals surface area contributed by atoms with Gasteiger partial charge in [-0.25, -0.2) is 0 Å². The van der Waals surface area contributed by atoms with E-state index < -0.39 is 0 Å². The second-order valence-corrected chi connectivity index (χ2v) is 7.53. The maximum absolute atomic E-state index is 12.3. The average Bonchev–Trinajstić information content (AvgIpc) is 2.98. The molecule has 0 aliphatic carbocycles. The summed E-state index contributed by atoms with van der Waals surface area (Å²) in [5, 5.41) is 3.71. The molecule has 0 aromatic heterocycles. The molecule has 6 heteroatoms. The Balaban J connectivity index is 0.00000225. The van der Waals surface area contributed by atoms with Crippen LogP contribution in [0.3, 0.4) is 0 Å². The maximum atomic E-state index is 12.3. The molecule has 3 nitrogen and oxygen atoms in total. The highest BCUT2D eigenvalue weighted by atomic mass is 35.5. The molecule has 0 bridgehead atoms. The molecule has 0 spiro atoms.